The molecule has 2 aromatic rings. The Morgan fingerprint density at radius 1 is 0.955 bits per heavy atom. The van der Waals surface area contributed by atoms with Crippen LogP contribution in [0.5, 0.6) is 11.5 Å². The molecule has 0 radical (unpaired) electrons. The van der Waals surface area contributed by atoms with Gasteiger partial charge in [-0.2, -0.15) is 0 Å². The van der Waals surface area contributed by atoms with Gasteiger partial charge in [-0.25, -0.2) is 0 Å². The summed E-state index contributed by atoms with van der Waals surface area (Å²) in [5.41, 5.74) is 1.34. The van der Waals surface area contributed by atoms with E-state index in [1.165, 1.54) is 36.9 Å². The zero-order chi connectivity index (χ0) is 14.7. The standard InChI is InChI=1S/C18H23NO2.ClH/c1-20-16-9-8-14(10-13-19-11-3-4-12-19)18-15(16)6-5-7-17(18)21-2;/h5-9H,3-4,10-13H2,1-2H3;1H. The number of benzene rings is 2. The van der Waals surface area contributed by atoms with E-state index in [2.05, 4.69) is 23.1 Å². The summed E-state index contributed by atoms with van der Waals surface area (Å²) in [6.07, 6.45) is 3.74. The molecular formula is C18H24ClNO2. The molecule has 2 aromatic carbocycles. The number of methoxy groups -OCH3 is 2. The van der Waals surface area contributed by atoms with Gasteiger partial charge in [-0.15, -0.1) is 12.4 Å². The fourth-order valence-corrected chi connectivity index (χ4v) is 3.26. The minimum atomic E-state index is 0. The van der Waals surface area contributed by atoms with Crippen molar-refractivity contribution >= 4 is 23.2 Å². The highest BCUT2D eigenvalue weighted by Crippen LogP contribution is 2.35. The highest BCUT2D eigenvalue weighted by Gasteiger charge is 2.14. The lowest BCUT2D eigenvalue weighted by Gasteiger charge is -2.17. The highest BCUT2D eigenvalue weighted by atomic mass is 35.5. The maximum Gasteiger partial charge on any atom is 0.127 e. The van der Waals surface area contributed by atoms with Crippen molar-refractivity contribution in [2.45, 2.75) is 19.3 Å². The summed E-state index contributed by atoms with van der Waals surface area (Å²) in [6.45, 7) is 3.61. The Morgan fingerprint density at radius 3 is 2.36 bits per heavy atom. The monoisotopic (exact) mass is 321 g/mol. The quantitative estimate of drug-likeness (QED) is 0.833. The molecule has 1 aliphatic heterocycles. The molecule has 1 saturated heterocycles. The summed E-state index contributed by atoms with van der Waals surface area (Å²) in [4.78, 5) is 2.55. The summed E-state index contributed by atoms with van der Waals surface area (Å²) in [7, 11) is 3.46. The van der Waals surface area contributed by atoms with Crippen molar-refractivity contribution in [1.82, 2.24) is 4.90 Å². The van der Waals surface area contributed by atoms with Crippen LogP contribution < -0.4 is 9.47 Å². The molecule has 22 heavy (non-hydrogen) atoms. The predicted molar refractivity (Wildman–Crippen MR) is 93.7 cm³/mol. The van der Waals surface area contributed by atoms with Gasteiger partial charge in [-0.3, -0.25) is 0 Å². The number of ether oxygens (including phenoxy) is 2. The molecule has 0 aliphatic carbocycles. The van der Waals surface area contributed by atoms with Gasteiger partial charge >= 0.3 is 0 Å². The molecule has 0 atom stereocenters. The van der Waals surface area contributed by atoms with Crippen molar-refractivity contribution in [2.24, 2.45) is 0 Å². The molecule has 3 nitrogen and oxygen atoms in total. The predicted octanol–water partition coefficient (Wildman–Crippen LogP) is 3.92. The minimum absolute atomic E-state index is 0. The first-order valence-electron chi connectivity index (χ1n) is 7.68. The molecule has 1 heterocycles. The van der Waals surface area contributed by atoms with Crippen molar-refractivity contribution in [2.75, 3.05) is 33.9 Å². The van der Waals surface area contributed by atoms with Gasteiger partial charge in [-0.05, 0) is 50.0 Å². The number of halogens is 1. The van der Waals surface area contributed by atoms with E-state index < -0.39 is 0 Å². The van der Waals surface area contributed by atoms with Gasteiger partial charge < -0.3 is 14.4 Å². The lowest BCUT2D eigenvalue weighted by atomic mass is 10.00. The van der Waals surface area contributed by atoms with E-state index in [1.54, 1.807) is 14.2 Å². The largest absolute Gasteiger partial charge is 0.496 e. The number of nitrogens with zero attached hydrogens (tertiary/aromatic N) is 1. The molecule has 0 aromatic heterocycles. The van der Waals surface area contributed by atoms with E-state index in [1.807, 2.05) is 12.1 Å². The second kappa shape index (κ2) is 7.70. The van der Waals surface area contributed by atoms with Crippen molar-refractivity contribution in [3.63, 3.8) is 0 Å². The van der Waals surface area contributed by atoms with Crippen LogP contribution in [0.3, 0.4) is 0 Å². The van der Waals surface area contributed by atoms with Crippen molar-refractivity contribution in [3.8, 4) is 11.5 Å². The second-order valence-corrected chi connectivity index (χ2v) is 5.61. The van der Waals surface area contributed by atoms with Crippen molar-refractivity contribution < 1.29 is 9.47 Å². The summed E-state index contributed by atoms with van der Waals surface area (Å²) in [6, 6.07) is 10.4. The zero-order valence-electron chi connectivity index (χ0n) is 13.3. The third-order valence-electron chi connectivity index (χ3n) is 4.38. The average molecular weight is 322 g/mol. The molecule has 1 fully saturated rings. The average Bonchev–Trinajstić information content (AvgIpc) is 3.05. The van der Waals surface area contributed by atoms with Gasteiger partial charge in [0, 0.05) is 17.3 Å². The third-order valence-corrected chi connectivity index (χ3v) is 4.38. The fourth-order valence-electron chi connectivity index (χ4n) is 3.26. The maximum absolute atomic E-state index is 5.57. The van der Waals surface area contributed by atoms with Gasteiger partial charge in [0.15, 0.2) is 0 Å². The fraction of sp³-hybridized carbons (Fsp3) is 0.444. The zero-order valence-corrected chi connectivity index (χ0v) is 14.1. The number of fused-ring (bicyclic) bond motifs is 1. The van der Waals surface area contributed by atoms with Gasteiger partial charge in [0.25, 0.3) is 0 Å². The van der Waals surface area contributed by atoms with Crippen LogP contribution in [0.4, 0.5) is 0 Å². The summed E-state index contributed by atoms with van der Waals surface area (Å²) < 4.78 is 11.1. The van der Waals surface area contributed by atoms with Crippen LogP contribution in [0.15, 0.2) is 30.3 Å². The Labute approximate surface area is 138 Å². The molecule has 0 bridgehead atoms. The molecule has 0 amide bonds. The van der Waals surface area contributed by atoms with E-state index in [0.29, 0.717) is 0 Å². The van der Waals surface area contributed by atoms with Crippen LogP contribution in [-0.2, 0) is 6.42 Å². The van der Waals surface area contributed by atoms with E-state index in [9.17, 15) is 0 Å². The first kappa shape index (κ1) is 16.9. The Bertz CT molecular complexity index is 624. The lowest BCUT2D eigenvalue weighted by Crippen LogP contribution is -2.22. The van der Waals surface area contributed by atoms with Crippen LogP contribution in [-0.4, -0.2) is 38.8 Å². The van der Waals surface area contributed by atoms with E-state index in [4.69, 9.17) is 9.47 Å². The number of hydrogen-bond donors (Lipinski definition) is 0. The molecule has 3 rings (SSSR count). The van der Waals surface area contributed by atoms with Crippen LogP contribution in [0.1, 0.15) is 18.4 Å². The first-order chi connectivity index (χ1) is 10.3. The smallest absolute Gasteiger partial charge is 0.127 e. The minimum Gasteiger partial charge on any atom is -0.496 e. The molecule has 0 unspecified atom stereocenters. The molecule has 120 valence electrons. The SMILES string of the molecule is COc1ccc(CCN2CCCC2)c2c(OC)cccc12.Cl. The van der Waals surface area contributed by atoms with Crippen molar-refractivity contribution in [1.29, 1.82) is 0 Å². The Kier molecular flexibility index (Phi) is 5.92. The Morgan fingerprint density at radius 2 is 1.68 bits per heavy atom. The molecule has 0 N–H and O–H groups in total. The lowest BCUT2D eigenvalue weighted by molar-refractivity contribution is 0.343. The highest BCUT2D eigenvalue weighted by molar-refractivity contribution is 5.95. The van der Waals surface area contributed by atoms with Crippen molar-refractivity contribution in [3.05, 3.63) is 35.9 Å². The Balaban J connectivity index is 0.00000176. The number of rotatable bonds is 5. The summed E-state index contributed by atoms with van der Waals surface area (Å²) >= 11 is 0. The van der Waals surface area contributed by atoms with E-state index >= 15 is 0 Å². The van der Waals surface area contributed by atoms with Gasteiger partial charge in [-0.1, -0.05) is 18.2 Å². The molecule has 0 spiro atoms. The molecule has 4 heteroatoms. The van der Waals surface area contributed by atoms with Gasteiger partial charge in [0.05, 0.1) is 14.2 Å². The second-order valence-electron chi connectivity index (χ2n) is 5.61. The number of likely N-dealkylation sites (tertiary alicyclic amines) is 1. The third kappa shape index (κ3) is 3.31. The Hall–Kier alpha value is -1.45. The van der Waals surface area contributed by atoms with Gasteiger partial charge in [0.1, 0.15) is 11.5 Å². The van der Waals surface area contributed by atoms with E-state index in [-0.39, 0.29) is 12.4 Å². The van der Waals surface area contributed by atoms with Crippen LogP contribution in [0.25, 0.3) is 10.8 Å². The maximum atomic E-state index is 5.57. The summed E-state index contributed by atoms with van der Waals surface area (Å²) in [5.74, 6) is 1.84. The normalized spacial score (nSPS) is 14.8. The molecule has 1 aliphatic rings. The summed E-state index contributed by atoms with van der Waals surface area (Å²) in [5, 5.41) is 2.33. The van der Waals surface area contributed by atoms with Crippen LogP contribution in [0, 0.1) is 0 Å². The van der Waals surface area contributed by atoms with Gasteiger partial charge in [0.2, 0.25) is 0 Å². The molecule has 0 saturated carbocycles. The molecular weight excluding hydrogens is 298 g/mol. The van der Waals surface area contributed by atoms with E-state index in [0.717, 1.165) is 29.9 Å². The number of hydrogen-bond acceptors (Lipinski definition) is 3. The van der Waals surface area contributed by atoms with Crippen LogP contribution >= 0.6 is 12.4 Å². The topological polar surface area (TPSA) is 21.7 Å². The van der Waals surface area contributed by atoms with Crippen LogP contribution in [0.2, 0.25) is 0 Å². The first-order valence-corrected chi connectivity index (χ1v) is 7.68.